The van der Waals surface area contributed by atoms with E-state index in [4.69, 9.17) is 9.26 Å². The molecule has 1 aliphatic heterocycles. The Kier molecular flexibility index (Phi) is 4.86. The lowest BCUT2D eigenvalue weighted by atomic mass is 9.90. The summed E-state index contributed by atoms with van der Waals surface area (Å²) in [6, 6.07) is 9.29. The number of aliphatic carboxylic acids is 1. The highest BCUT2D eigenvalue weighted by Crippen LogP contribution is 2.37. The molecule has 1 aliphatic rings. The highest BCUT2D eigenvalue weighted by Gasteiger charge is 2.34. The van der Waals surface area contributed by atoms with Gasteiger partial charge in [0.25, 0.3) is 0 Å². The van der Waals surface area contributed by atoms with E-state index in [1.807, 2.05) is 23.1 Å². The second-order valence-electron chi connectivity index (χ2n) is 7.91. The van der Waals surface area contributed by atoms with Gasteiger partial charge in [-0.25, -0.2) is 4.39 Å². The molecule has 2 aromatic heterocycles. The molecule has 1 atom stereocenters. The van der Waals surface area contributed by atoms with Crippen LogP contribution in [-0.2, 0) is 4.79 Å². The number of piperidine rings is 1. The quantitative estimate of drug-likeness (QED) is 0.492. The minimum absolute atomic E-state index is 0.139. The van der Waals surface area contributed by atoms with Gasteiger partial charge in [0.15, 0.2) is 5.58 Å². The van der Waals surface area contributed by atoms with Crippen LogP contribution < -0.4 is 4.74 Å². The second kappa shape index (κ2) is 7.70. The molecule has 0 saturated carbocycles. The fourth-order valence-corrected chi connectivity index (χ4v) is 4.62. The largest absolute Gasteiger partial charge is 0.497 e. The van der Waals surface area contributed by atoms with Crippen LogP contribution in [0.3, 0.4) is 0 Å². The maximum Gasteiger partial charge on any atom is 0.325 e. The summed E-state index contributed by atoms with van der Waals surface area (Å²) in [5, 5.41) is 15.9. The SMILES string of the molecule is COc1ccc2[nH]cc([C@H](C(=O)O)N3CCC(c4noc5cc(F)ccc45)CC3)c2c1. The molecule has 8 heteroatoms. The number of ether oxygens (including phenoxy) is 1. The molecule has 31 heavy (non-hydrogen) atoms. The average molecular weight is 423 g/mol. The maximum absolute atomic E-state index is 13.4. The van der Waals surface area contributed by atoms with Gasteiger partial charge in [0.1, 0.15) is 17.6 Å². The normalized spacial score (nSPS) is 16.7. The number of fused-ring (bicyclic) bond motifs is 2. The van der Waals surface area contributed by atoms with E-state index < -0.39 is 12.0 Å². The molecule has 0 spiro atoms. The van der Waals surface area contributed by atoms with Gasteiger partial charge in [-0.05, 0) is 56.3 Å². The van der Waals surface area contributed by atoms with Crippen molar-refractivity contribution < 1.29 is 23.6 Å². The first kappa shape index (κ1) is 19.6. The molecule has 1 saturated heterocycles. The number of H-pyrrole nitrogens is 1. The van der Waals surface area contributed by atoms with Gasteiger partial charge in [-0.3, -0.25) is 9.69 Å². The molecule has 160 valence electrons. The zero-order valence-electron chi connectivity index (χ0n) is 17.0. The van der Waals surface area contributed by atoms with Crippen LogP contribution in [0.4, 0.5) is 4.39 Å². The number of hydrogen-bond acceptors (Lipinski definition) is 5. The Morgan fingerprint density at radius 1 is 1.26 bits per heavy atom. The number of nitrogens with one attached hydrogen (secondary N) is 1. The van der Waals surface area contributed by atoms with E-state index in [0.29, 0.717) is 24.4 Å². The fraction of sp³-hybridized carbons (Fsp3) is 0.304. The third-order valence-corrected chi connectivity index (χ3v) is 6.19. The van der Waals surface area contributed by atoms with Crippen molar-refractivity contribution in [3.63, 3.8) is 0 Å². The zero-order valence-corrected chi connectivity index (χ0v) is 17.0. The Morgan fingerprint density at radius 3 is 2.81 bits per heavy atom. The van der Waals surface area contributed by atoms with Crippen molar-refractivity contribution in [3.05, 3.63) is 59.7 Å². The molecule has 5 rings (SSSR count). The lowest BCUT2D eigenvalue weighted by Crippen LogP contribution is -2.39. The van der Waals surface area contributed by atoms with Crippen LogP contribution in [0.15, 0.2) is 47.1 Å². The summed E-state index contributed by atoms with van der Waals surface area (Å²) in [7, 11) is 1.59. The Balaban J connectivity index is 1.40. The summed E-state index contributed by atoms with van der Waals surface area (Å²) in [6.07, 6.45) is 3.26. The number of carbonyl (C=O) groups is 1. The fourth-order valence-electron chi connectivity index (χ4n) is 4.62. The number of carboxylic acids is 1. The second-order valence-corrected chi connectivity index (χ2v) is 7.91. The number of aromatic nitrogens is 2. The summed E-state index contributed by atoms with van der Waals surface area (Å²) in [6.45, 7) is 1.21. The van der Waals surface area contributed by atoms with Gasteiger partial charge in [0, 0.05) is 40.0 Å². The van der Waals surface area contributed by atoms with Crippen molar-refractivity contribution in [2.75, 3.05) is 20.2 Å². The molecule has 0 aliphatic carbocycles. The van der Waals surface area contributed by atoms with Crippen molar-refractivity contribution in [1.82, 2.24) is 15.0 Å². The summed E-state index contributed by atoms with van der Waals surface area (Å²) >= 11 is 0. The first-order chi connectivity index (χ1) is 15.0. The number of halogens is 1. The number of likely N-dealkylation sites (tertiary alicyclic amines) is 1. The molecule has 0 radical (unpaired) electrons. The molecule has 4 aromatic rings. The molecular weight excluding hydrogens is 401 g/mol. The van der Waals surface area contributed by atoms with E-state index in [1.54, 1.807) is 19.4 Å². The van der Waals surface area contributed by atoms with Gasteiger partial charge in [0.05, 0.1) is 12.8 Å². The van der Waals surface area contributed by atoms with E-state index in [0.717, 1.165) is 40.4 Å². The van der Waals surface area contributed by atoms with E-state index in [1.165, 1.54) is 12.1 Å². The molecule has 0 unspecified atom stereocenters. The third-order valence-electron chi connectivity index (χ3n) is 6.19. The molecule has 1 fully saturated rings. The van der Waals surface area contributed by atoms with E-state index >= 15 is 0 Å². The molecule has 2 aromatic carbocycles. The van der Waals surface area contributed by atoms with E-state index in [9.17, 15) is 14.3 Å². The predicted molar refractivity (Wildman–Crippen MR) is 113 cm³/mol. The average Bonchev–Trinajstić information content (AvgIpc) is 3.38. The molecule has 3 heterocycles. The van der Waals surface area contributed by atoms with Crippen LogP contribution >= 0.6 is 0 Å². The Bertz CT molecular complexity index is 1260. The van der Waals surface area contributed by atoms with Crippen LogP contribution in [0.1, 0.15) is 36.1 Å². The Labute approximate surface area is 177 Å². The molecule has 0 bridgehead atoms. The summed E-state index contributed by atoms with van der Waals surface area (Å²) in [5.41, 5.74) is 2.85. The highest BCUT2D eigenvalue weighted by molar-refractivity contribution is 5.90. The van der Waals surface area contributed by atoms with E-state index in [-0.39, 0.29) is 11.7 Å². The third kappa shape index (κ3) is 3.42. The maximum atomic E-state index is 13.4. The van der Waals surface area contributed by atoms with Crippen LogP contribution in [0.2, 0.25) is 0 Å². The van der Waals surface area contributed by atoms with Gasteiger partial charge in [0.2, 0.25) is 0 Å². The minimum Gasteiger partial charge on any atom is -0.497 e. The molecule has 2 N–H and O–H groups in total. The molecule has 7 nitrogen and oxygen atoms in total. The van der Waals surface area contributed by atoms with Crippen LogP contribution in [0.5, 0.6) is 5.75 Å². The van der Waals surface area contributed by atoms with Crippen LogP contribution in [-0.4, -0.2) is 46.3 Å². The summed E-state index contributed by atoms with van der Waals surface area (Å²) in [5.74, 6) is -0.416. The smallest absolute Gasteiger partial charge is 0.325 e. The van der Waals surface area contributed by atoms with Crippen LogP contribution in [0.25, 0.3) is 21.9 Å². The standard InChI is InChI=1S/C23H22FN3O4/c1-30-15-3-5-19-17(11-15)18(12-25-19)22(23(28)29)27-8-6-13(7-9-27)21-16-4-2-14(24)10-20(16)31-26-21/h2-5,10-13,22,25H,6-9H2,1H3,(H,28,29)/t22-/m1/s1. The van der Waals surface area contributed by atoms with Gasteiger partial charge >= 0.3 is 5.97 Å². The van der Waals surface area contributed by atoms with Crippen LogP contribution in [0, 0.1) is 5.82 Å². The number of rotatable bonds is 5. The number of benzene rings is 2. The first-order valence-corrected chi connectivity index (χ1v) is 10.2. The summed E-state index contributed by atoms with van der Waals surface area (Å²) in [4.78, 5) is 17.4. The molecule has 0 amide bonds. The van der Waals surface area contributed by atoms with Gasteiger partial charge < -0.3 is 19.4 Å². The lowest BCUT2D eigenvalue weighted by Gasteiger charge is -2.35. The Hall–Kier alpha value is -3.39. The number of carboxylic acid groups (broad SMARTS) is 1. The monoisotopic (exact) mass is 423 g/mol. The first-order valence-electron chi connectivity index (χ1n) is 10.2. The summed E-state index contributed by atoms with van der Waals surface area (Å²) < 4.78 is 24.1. The van der Waals surface area contributed by atoms with Crippen molar-refractivity contribution in [1.29, 1.82) is 0 Å². The highest BCUT2D eigenvalue weighted by atomic mass is 19.1. The van der Waals surface area contributed by atoms with E-state index in [2.05, 4.69) is 10.1 Å². The van der Waals surface area contributed by atoms with Crippen molar-refractivity contribution in [2.45, 2.75) is 24.8 Å². The van der Waals surface area contributed by atoms with Crippen molar-refractivity contribution in [3.8, 4) is 5.75 Å². The number of hydrogen-bond donors (Lipinski definition) is 2. The van der Waals surface area contributed by atoms with Gasteiger partial charge in [-0.1, -0.05) is 5.16 Å². The molecular formula is C23H22FN3O4. The van der Waals surface area contributed by atoms with Gasteiger partial charge in [-0.15, -0.1) is 0 Å². The number of nitrogens with zero attached hydrogens (tertiary/aromatic N) is 2. The van der Waals surface area contributed by atoms with Crippen molar-refractivity contribution >= 4 is 27.8 Å². The van der Waals surface area contributed by atoms with Crippen molar-refractivity contribution in [2.24, 2.45) is 0 Å². The van der Waals surface area contributed by atoms with Gasteiger partial charge in [-0.2, -0.15) is 0 Å². The topological polar surface area (TPSA) is 91.6 Å². The minimum atomic E-state index is -0.885. The Morgan fingerprint density at radius 2 is 2.06 bits per heavy atom. The number of aromatic amines is 1. The lowest BCUT2D eigenvalue weighted by molar-refractivity contribution is -0.144. The number of methoxy groups -OCH3 is 1. The zero-order chi connectivity index (χ0) is 21.5. The predicted octanol–water partition coefficient (Wildman–Crippen LogP) is 4.46.